The van der Waals surface area contributed by atoms with Gasteiger partial charge in [0.25, 0.3) is 0 Å². The van der Waals surface area contributed by atoms with Gasteiger partial charge in [0, 0.05) is 14.3 Å². The molecule has 19 heavy (non-hydrogen) atoms. The fourth-order valence-corrected chi connectivity index (χ4v) is 4.39. The van der Waals surface area contributed by atoms with Crippen LogP contribution >= 0.6 is 8.58 Å². The van der Waals surface area contributed by atoms with Crippen LogP contribution in [0.3, 0.4) is 0 Å². The molecule has 0 aromatic carbocycles. The highest BCUT2D eigenvalue weighted by molar-refractivity contribution is 7.41. The summed E-state index contributed by atoms with van der Waals surface area (Å²) in [5, 5.41) is 0.243. The van der Waals surface area contributed by atoms with Gasteiger partial charge in [-0.1, -0.05) is 34.6 Å². The molecule has 0 saturated heterocycles. The molecule has 0 aromatic rings. The van der Waals surface area contributed by atoms with Crippen LogP contribution in [0, 0.1) is 17.3 Å². The predicted molar refractivity (Wildman–Crippen MR) is 83.2 cm³/mol. The highest BCUT2D eigenvalue weighted by Gasteiger charge is 2.54. The van der Waals surface area contributed by atoms with Crippen molar-refractivity contribution in [2.24, 2.45) is 17.3 Å². The Morgan fingerprint density at radius 2 is 1.95 bits per heavy atom. The van der Waals surface area contributed by atoms with Gasteiger partial charge in [0.1, 0.15) is 6.10 Å². The summed E-state index contributed by atoms with van der Waals surface area (Å²) in [6.45, 7) is 11.2. The third kappa shape index (κ3) is 3.75. The molecule has 3 radical (unpaired) electrons. The molecule has 107 valence electrons. The van der Waals surface area contributed by atoms with Crippen molar-refractivity contribution in [3.8, 4) is 0 Å². The smallest absolute Gasteiger partial charge is 0.310 e. The number of fused-ring (bicyclic) bond motifs is 2. The molecule has 2 aliphatic rings. The normalized spacial score (nSPS) is 32.6. The molecule has 2 bridgehead atoms. The van der Waals surface area contributed by atoms with E-state index in [0.29, 0.717) is 26.1 Å². The molecule has 4 heteroatoms. The van der Waals surface area contributed by atoms with Crippen molar-refractivity contribution in [3.05, 3.63) is 0 Å². The molecule has 2 fully saturated rings. The number of rotatable bonds is 3. The Hall–Kier alpha value is -0.0351. The van der Waals surface area contributed by atoms with E-state index in [1.54, 1.807) is 0 Å². The maximum Gasteiger partial charge on any atom is 0.310 e. The zero-order valence-corrected chi connectivity index (χ0v) is 14.0. The van der Waals surface area contributed by atoms with Gasteiger partial charge in [0.05, 0.1) is 6.16 Å². The molecular formula is C15H27BO2P. The molecule has 2 saturated carbocycles. The van der Waals surface area contributed by atoms with Gasteiger partial charge in [0.15, 0.2) is 0 Å². The van der Waals surface area contributed by atoms with E-state index in [4.69, 9.17) is 4.74 Å². The summed E-state index contributed by atoms with van der Waals surface area (Å²) in [5.41, 5.74) is 0.386. The average Bonchev–Trinajstić information content (AvgIpc) is 2.63. The van der Waals surface area contributed by atoms with E-state index < -0.39 is 0 Å². The predicted octanol–water partition coefficient (Wildman–Crippen LogP) is 3.45. The lowest BCUT2D eigenvalue weighted by Crippen LogP contribution is -2.28. The minimum Gasteiger partial charge on any atom is -0.462 e. The van der Waals surface area contributed by atoms with Gasteiger partial charge in [-0.25, -0.2) is 0 Å². The Kier molecular flexibility index (Phi) is 5.16. The minimum absolute atomic E-state index is 0. The van der Waals surface area contributed by atoms with Crippen molar-refractivity contribution in [3.63, 3.8) is 0 Å². The number of esters is 1. The van der Waals surface area contributed by atoms with Crippen LogP contribution in [-0.2, 0) is 9.53 Å². The van der Waals surface area contributed by atoms with E-state index in [1.807, 2.05) is 0 Å². The van der Waals surface area contributed by atoms with Crippen molar-refractivity contribution >= 4 is 23.0 Å². The molecule has 0 aliphatic heterocycles. The van der Waals surface area contributed by atoms with Gasteiger partial charge in [-0.15, -0.1) is 8.58 Å². The largest absolute Gasteiger partial charge is 0.462 e. The van der Waals surface area contributed by atoms with Gasteiger partial charge in [-0.2, -0.15) is 0 Å². The van der Waals surface area contributed by atoms with E-state index in [9.17, 15) is 4.79 Å². The highest BCUT2D eigenvalue weighted by atomic mass is 31.1. The van der Waals surface area contributed by atoms with Crippen LogP contribution in [0.25, 0.3) is 0 Å². The monoisotopic (exact) mass is 281 g/mol. The molecular weight excluding hydrogens is 254 g/mol. The summed E-state index contributed by atoms with van der Waals surface area (Å²) in [7, 11) is 0.660. The number of carbonyl (C=O) groups is 1. The zero-order valence-electron chi connectivity index (χ0n) is 13.0. The maximum absolute atomic E-state index is 11.9. The van der Waals surface area contributed by atoms with Gasteiger partial charge < -0.3 is 4.74 Å². The fourth-order valence-electron chi connectivity index (χ4n) is 3.64. The first-order valence-electron chi connectivity index (χ1n) is 7.14. The number of hydrogen-bond acceptors (Lipinski definition) is 2. The molecule has 0 aromatic heterocycles. The quantitative estimate of drug-likeness (QED) is 0.450. The zero-order chi connectivity index (χ0) is 13.6. The van der Waals surface area contributed by atoms with Crippen LogP contribution in [0.1, 0.15) is 53.9 Å². The van der Waals surface area contributed by atoms with Crippen LogP contribution in [0.5, 0.6) is 0 Å². The third-order valence-electron chi connectivity index (χ3n) is 4.85. The first-order valence-corrected chi connectivity index (χ1v) is 8.35. The summed E-state index contributed by atoms with van der Waals surface area (Å²) < 4.78 is 5.74. The van der Waals surface area contributed by atoms with E-state index in [0.717, 1.165) is 12.3 Å². The lowest BCUT2D eigenvalue weighted by Gasteiger charge is -2.26. The molecule has 0 N–H and O–H groups in total. The second-order valence-corrected chi connectivity index (χ2v) is 9.78. The number of carbonyl (C=O) groups excluding carboxylic acids is 1. The van der Waals surface area contributed by atoms with Crippen molar-refractivity contribution in [1.82, 2.24) is 0 Å². The van der Waals surface area contributed by atoms with Crippen molar-refractivity contribution in [1.29, 1.82) is 0 Å². The van der Waals surface area contributed by atoms with Gasteiger partial charge >= 0.3 is 5.97 Å². The first kappa shape index (κ1) is 17.0. The van der Waals surface area contributed by atoms with Crippen LogP contribution in [0.4, 0.5) is 0 Å². The minimum atomic E-state index is 0. The van der Waals surface area contributed by atoms with Crippen molar-refractivity contribution in [2.45, 2.75) is 65.1 Å². The summed E-state index contributed by atoms with van der Waals surface area (Å²) in [4.78, 5) is 11.9. The van der Waals surface area contributed by atoms with Gasteiger partial charge in [0.2, 0.25) is 0 Å². The Balaban J connectivity index is 0.00000180. The maximum atomic E-state index is 11.9. The van der Waals surface area contributed by atoms with E-state index in [2.05, 4.69) is 34.6 Å². The van der Waals surface area contributed by atoms with E-state index in [1.165, 1.54) is 12.8 Å². The summed E-state index contributed by atoms with van der Waals surface area (Å²) in [5.74, 6) is 1.39. The second kappa shape index (κ2) is 5.76. The van der Waals surface area contributed by atoms with E-state index >= 15 is 0 Å². The molecule has 0 spiro atoms. The van der Waals surface area contributed by atoms with Crippen LogP contribution in [0.2, 0.25) is 0 Å². The average molecular weight is 281 g/mol. The highest BCUT2D eigenvalue weighted by Crippen LogP contribution is 2.58. The lowest BCUT2D eigenvalue weighted by atomic mass is 9.82. The Bertz CT molecular complexity index is 336. The topological polar surface area (TPSA) is 26.3 Å². The SMILES string of the molecule is CC(C)(C)PCC(=O)O[C@@H]1C[C@@H]2CC[C@H]1C2(C)C.[B]. The van der Waals surface area contributed by atoms with Gasteiger partial charge in [-0.05, 0) is 35.8 Å². The van der Waals surface area contributed by atoms with Crippen LogP contribution < -0.4 is 0 Å². The van der Waals surface area contributed by atoms with Crippen LogP contribution in [-0.4, -0.2) is 31.8 Å². The molecule has 2 nitrogen and oxygen atoms in total. The lowest BCUT2D eigenvalue weighted by molar-refractivity contribution is -0.148. The molecule has 2 aliphatic carbocycles. The number of hydrogen-bond donors (Lipinski definition) is 0. The van der Waals surface area contributed by atoms with Crippen molar-refractivity contribution in [2.75, 3.05) is 6.16 Å². The van der Waals surface area contributed by atoms with Crippen molar-refractivity contribution < 1.29 is 9.53 Å². The summed E-state index contributed by atoms with van der Waals surface area (Å²) in [6.07, 6.45) is 4.47. The Morgan fingerprint density at radius 3 is 2.37 bits per heavy atom. The molecule has 1 unspecified atom stereocenters. The summed E-state index contributed by atoms with van der Waals surface area (Å²) >= 11 is 0. The third-order valence-corrected chi connectivity index (χ3v) is 6.37. The summed E-state index contributed by atoms with van der Waals surface area (Å²) in [6, 6.07) is 0. The molecule has 0 heterocycles. The molecule has 2 rings (SSSR count). The molecule has 4 atom stereocenters. The van der Waals surface area contributed by atoms with Crippen LogP contribution in [0.15, 0.2) is 0 Å². The standard InChI is InChI=1S/C15H27O2P.B/c1-14(2,3)18-9-13(16)17-12-8-10-6-7-11(12)15(10,4)5;/h10-12,18H,6-9H2,1-5H3;/t10-,11+,12+;/m0./s1. The Labute approximate surface area is 121 Å². The number of ether oxygens (including phenoxy) is 1. The Morgan fingerprint density at radius 1 is 1.32 bits per heavy atom. The first-order chi connectivity index (χ1) is 8.20. The fraction of sp³-hybridized carbons (Fsp3) is 0.933. The van der Waals surface area contributed by atoms with Gasteiger partial charge in [-0.3, -0.25) is 4.79 Å². The van der Waals surface area contributed by atoms with E-state index in [-0.39, 0.29) is 25.6 Å². The second-order valence-electron chi connectivity index (χ2n) is 7.57. The molecule has 0 amide bonds.